The van der Waals surface area contributed by atoms with E-state index in [1.807, 2.05) is 6.92 Å². The molecule has 0 aliphatic carbocycles. The molecule has 11 heteroatoms. The Balaban J connectivity index is 1.45. The van der Waals surface area contributed by atoms with Gasteiger partial charge in [-0.25, -0.2) is 4.39 Å². The second-order valence-corrected chi connectivity index (χ2v) is 7.84. The van der Waals surface area contributed by atoms with Crippen molar-refractivity contribution in [3.05, 3.63) is 69.3 Å². The quantitative estimate of drug-likeness (QED) is 0.469. The van der Waals surface area contributed by atoms with Gasteiger partial charge in [-0.3, -0.25) is 9.36 Å². The average molecular weight is 438 g/mol. The third-order valence-electron chi connectivity index (χ3n) is 4.02. The minimum atomic E-state index is -0.362. The molecule has 1 unspecified atom stereocenters. The van der Waals surface area contributed by atoms with Gasteiger partial charge in [-0.15, -0.1) is 10.2 Å². The van der Waals surface area contributed by atoms with Crippen molar-refractivity contribution in [2.24, 2.45) is 0 Å². The number of aromatic nitrogens is 6. The van der Waals surface area contributed by atoms with Gasteiger partial charge in [0.2, 0.25) is 5.13 Å². The van der Waals surface area contributed by atoms with Gasteiger partial charge in [0, 0.05) is 29.0 Å². The van der Waals surface area contributed by atoms with E-state index in [2.05, 4.69) is 25.7 Å². The molecule has 0 radical (unpaired) electrons. The summed E-state index contributed by atoms with van der Waals surface area (Å²) in [5.41, 5.74) is 0.392. The Bertz CT molecular complexity index is 1090. The molecular formula is C17H14Cl2FN7S. The SMILES string of the molecule is CC(c1nnc(Nc2ccn(Cc3c(F)cccc3Cl)n2)s1)n1cc(Cl)cn1. The summed E-state index contributed by atoms with van der Waals surface area (Å²) in [5, 5.41) is 22.3. The predicted octanol–water partition coefficient (Wildman–Crippen LogP) is 4.78. The highest BCUT2D eigenvalue weighted by molar-refractivity contribution is 7.15. The Morgan fingerprint density at radius 2 is 2.11 bits per heavy atom. The minimum absolute atomic E-state index is 0.0960. The fraction of sp³-hybridized carbons (Fsp3) is 0.176. The third kappa shape index (κ3) is 4.01. The van der Waals surface area contributed by atoms with Crippen LogP contribution in [0.4, 0.5) is 15.3 Å². The van der Waals surface area contributed by atoms with Crippen molar-refractivity contribution in [2.45, 2.75) is 19.5 Å². The van der Waals surface area contributed by atoms with Crippen LogP contribution in [0.3, 0.4) is 0 Å². The molecule has 7 nitrogen and oxygen atoms in total. The van der Waals surface area contributed by atoms with Gasteiger partial charge >= 0.3 is 0 Å². The maximum Gasteiger partial charge on any atom is 0.211 e. The van der Waals surface area contributed by atoms with Crippen LogP contribution >= 0.6 is 34.5 Å². The minimum Gasteiger partial charge on any atom is -0.313 e. The summed E-state index contributed by atoms with van der Waals surface area (Å²) in [4.78, 5) is 0. The number of nitrogens with one attached hydrogen (secondary N) is 1. The van der Waals surface area contributed by atoms with Crippen LogP contribution < -0.4 is 5.32 Å². The van der Waals surface area contributed by atoms with Crippen LogP contribution in [0, 0.1) is 5.82 Å². The highest BCUT2D eigenvalue weighted by atomic mass is 35.5. The zero-order valence-corrected chi connectivity index (χ0v) is 16.9. The van der Waals surface area contributed by atoms with Gasteiger partial charge in [0.15, 0.2) is 5.82 Å². The first-order valence-electron chi connectivity index (χ1n) is 8.26. The molecule has 0 bridgehead atoms. The number of nitrogens with zero attached hydrogens (tertiary/aromatic N) is 6. The van der Waals surface area contributed by atoms with Crippen molar-refractivity contribution < 1.29 is 4.39 Å². The molecule has 3 heterocycles. The summed E-state index contributed by atoms with van der Waals surface area (Å²) in [5.74, 6) is 0.212. The standard InChI is InChI=1S/C17H14Cl2FN7S/c1-10(27-8-11(18)7-21-27)16-23-24-17(28-16)22-15-5-6-26(25-15)9-12-13(19)3-2-4-14(12)20/h2-8,10H,9H2,1H3,(H,22,24,25). The highest BCUT2D eigenvalue weighted by Crippen LogP contribution is 2.27. The Labute approximate surface area is 173 Å². The Kier molecular flexibility index (Phi) is 5.29. The maximum atomic E-state index is 13.9. The normalized spacial score (nSPS) is 12.3. The van der Waals surface area contributed by atoms with E-state index in [0.717, 1.165) is 5.01 Å². The summed E-state index contributed by atoms with van der Waals surface area (Å²) in [6.45, 7) is 2.19. The molecule has 0 saturated heterocycles. The van der Waals surface area contributed by atoms with Gasteiger partial charge < -0.3 is 5.32 Å². The number of anilines is 2. The zero-order chi connectivity index (χ0) is 19.7. The molecule has 144 valence electrons. The van der Waals surface area contributed by atoms with Crippen molar-refractivity contribution in [3.63, 3.8) is 0 Å². The summed E-state index contributed by atoms with van der Waals surface area (Å²) in [7, 11) is 0. The fourth-order valence-corrected chi connectivity index (χ4v) is 3.73. The molecule has 28 heavy (non-hydrogen) atoms. The monoisotopic (exact) mass is 437 g/mol. The number of halogens is 3. The van der Waals surface area contributed by atoms with E-state index in [9.17, 15) is 4.39 Å². The largest absolute Gasteiger partial charge is 0.313 e. The van der Waals surface area contributed by atoms with Crippen molar-refractivity contribution in [2.75, 3.05) is 5.32 Å². The molecule has 0 aliphatic heterocycles. The first-order valence-corrected chi connectivity index (χ1v) is 9.83. The molecule has 3 aromatic heterocycles. The van der Waals surface area contributed by atoms with Crippen LogP contribution in [-0.4, -0.2) is 29.8 Å². The first-order chi connectivity index (χ1) is 13.5. The smallest absolute Gasteiger partial charge is 0.211 e. The van der Waals surface area contributed by atoms with Crippen molar-refractivity contribution in [3.8, 4) is 0 Å². The van der Waals surface area contributed by atoms with E-state index in [0.29, 0.717) is 26.6 Å². The van der Waals surface area contributed by atoms with E-state index in [4.69, 9.17) is 23.2 Å². The van der Waals surface area contributed by atoms with Gasteiger partial charge in [-0.1, -0.05) is 40.6 Å². The maximum absolute atomic E-state index is 13.9. The molecule has 4 rings (SSSR count). The first kappa shape index (κ1) is 18.9. The summed E-state index contributed by atoms with van der Waals surface area (Å²) in [6, 6.07) is 6.27. The van der Waals surface area contributed by atoms with E-state index in [-0.39, 0.29) is 18.4 Å². The van der Waals surface area contributed by atoms with E-state index >= 15 is 0 Å². The molecular weight excluding hydrogens is 424 g/mol. The van der Waals surface area contributed by atoms with E-state index in [1.54, 1.807) is 46.2 Å². The lowest BCUT2D eigenvalue weighted by Crippen LogP contribution is -2.06. The van der Waals surface area contributed by atoms with Gasteiger partial charge in [-0.05, 0) is 19.1 Å². The Hall–Kier alpha value is -2.49. The van der Waals surface area contributed by atoms with Crippen LogP contribution in [0.5, 0.6) is 0 Å². The van der Waals surface area contributed by atoms with Crippen LogP contribution in [-0.2, 0) is 6.54 Å². The molecule has 1 atom stereocenters. The second-order valence-electron chi connectivity index (χ2n) is 5.98. The number of benzene rings is 1. The number of hydrogen-bond donors (Lipinski definition) is 1. The van der Waals surface area contributed by atoms with Gasteiger partial charge in [-0.2, -0.15) is 10.2 Å². The molecule has 4 aromatic rings. The summed E-state index contributed by atoms with van der Waals surface area (Å²) in [6.07, 6.45) is 5.05. The Morgan fingerprint density at radius 1 is 1.25 bits per heavy atom. The van der Waals surface area contributed by atoms with Gasteiger partial charge in [0.1, 0.15) is 16.9 Å². The van der Waals surface area contributed by atoms with Crippen molar-refractivity contribution in [1.82, 2.24) is 29.8 Å². The molecule has 0 fully saturated rings. The van der Waals surface area contributed by atoms with Crippen molar-refractivity contribution >= 4 is 45.5 Å². The summed E-state index contributed by atoms with van der Waals surface area (Å²) >= 11 is 13.4. The lowest BCUT2D eigenvalue weighted by atomic mass is 10.2. The van der Waals surface area contributed by atoms with E-state index in [1.165, 1.54) is 17.4 Å². The second kappa shape index (κ2) is 7.86. The van der Waals surface area contributed by atoms with Crippen LogP contribution in [0.15, 0.2) is 42.9 Å². The molecule has 0 amide bonds. The third-order valence-corrected chi connectivity index (χ3v) is 5.58. The predicted molar refractivity (Wildman–Crippen MR) is 107 cm³/mol. The topological polar surface area (TPSA) is 73.5 Å². The van der Waals surface area contributed by atoms with Gasteiger partial charge in [0.25, 0.3) is 0 Å². The van der Waals surface area contributed by atoms with Crippen LogP contribution in [0.2, 0.25) is 10.0 Å². The van der Waals surface area contributed by atoms with Crippen LogP contribution in [0.1, 0.15) is 23.5 Å². The number of rotatable bonds is 6. The lowest BCUT2D eigenvalue weighted by Gasteiger charge is -2.07. The molecule has 1 aromatic carbocycles. The zero-order valence-electron chi connectivity index (χ0n) is 14.6. The fourth-order valence-electron chi connectivity index (χ4n) is 2.57. The highest BCUT2D eigenvalue weighted by Gasteiger charge is 2.16. The molecule has 0 aliphatic rings. The Morgan fingerprint density at radius 3 is 2.86 bits per heavy atom. The average Bonchev–Trinajstić information content (AvgIpc) is 3.40. The van der Waals surface area contributed by atoms with E-state index < -0.39 is 0 Å². The summed E-state index contributed by atoms with van der Waals surface area (Å²) < 4.78 is 17.3. The lowest BCUT2D eigenvalue weighted by molar-refractivity contribution is 0.557. The van der Waals surface area contributed by atoms with Crippen LogP contribution in [0.25, 0.3) is 0 Å². The molecule has 1 N–H and O–H groups in total. The van der Waals surface area contributed by atoms with Crippen molar-refractivity contribution in [1.29, 1.82) is 0 Å². The number of hydrogen-bond acceptors (Lipinski definition) is 6. The molecule has 0 spiro atoms. The van der Waals surface area contributed by atoms with Gasteiger partial charge in [0.05, 0.1) is 17.8 Å². The molecule has 0 saturated carbocycles.